The van der Waals surface area contributed by atoms with Gasteiger partial charge in [-0.15, -0.1) is 0 Å². The first-order valence-electron chi connectivity index (χ1n) is 8.58. The molecule has 2 aromatic rings. The van der Waals surface area contributed by atoms with Crippen LogP contribution in [0.15, 0.2) is 35.4 Å². The monoisotopic (exact) mass is 375 g/mol. The van der Waals surface area contributed by atoms with E-state index in [9.17, 15) is 9.59 Å². The maximum Gasteiger partial charge on any atom is 0.271 e. The van der Waals surface area contributed by atoms with Crippen molar-refractivity contribution in [3.05, 3.63) is 51.5 Å². The Morgan fingerprint density at radius 3 is 3.00 bits per heavy atom. The van der Waals surface area contributed by atoms with Crippen molar-refractivity contribution < 1.29 is 4.79 Å². The predicted molar refractivity (Wildman–Crippen MR) is 102 cm³/mol. The number of aromatic amines is 1. The highest BCUT2D eigenvalue weighted by molar-refractivity contribution is 6.30. The summed E-state index contributed by atoms with van der Waals surface area (Å²) in [5.41, 5.74) is 6.68. The number of nitrogens with zero attached hydrogens (tertiary/aromatic N) is 2. The molecule has 1 aliphatic rings. The van der Waals surface area contributed by atoms with Crippen LogP contribution in [-0.4, -0.2) is 39.9 Å². The molecule has 0 saturated carbocycles. The summed E-state index contributed by atoms with van der Waals surface area (Å²) in [6.45, 7) is 3.46. The zero-order valence-corrected chi connectivity index (χ0v) is 15.3. The summed E-state index contributed by atoms with van der Waals surface area (Å²) in [4.78, 5) is 32.9. The number of piperidine rings is 1. The first-order valence-corrected chi connectivity index (χ1v) is 8.96. The van der Waals surface area contributed by atoms with E-state index in [-0.39, 0.29) is 29.1 Å². The summed E-state index contributed by atoms with van der Waals surface area (Å²) in [5.74, 6) is 0.599. The molecule has 1 saturated heterocycles. The fourth-order valence-corrected chi connectivity index (χ4v) is 3.34. The van der Waals surface area contributed by atoms with Crippen molar-refractivity contribution >= 4 is 29.0 Å². The Bertz CT molecular complexity index is 836. The minimum Gasteiger partial charge on any atom is -0.394 e. The number of nitrogen functional groups attached to an aromatic ring is 1. The highest BCUT2D eigenvalue weighted by Crippen LogP contribution is 2.28. The number of amides is 1. The van der Waals surface area contributed by atoms with Crippen molar-refractivity contribution in [2.75, 3.05) is 24.1 Å². The lowest BCUT2D eigenvalue weighted by Gasteiger charge is -2.36. The van der Waals surface area contributed by atoms with E-state index >= 15 is 0 Å². The topological polar surface area (TPSA) is 104 Å². The van der Waals surface area contributed by atoms with Crippen molar-refractivity contribution in [1.82, 2.24) is 14.9 Å². The number of halogens is 1. The quantitative estimate of drug-likeness (QED) is 0.760. The van der Waals surface area contributed by atoms with Crippen LogP contribution < -0.4 is 16.6 Å². The molecule has 0 aromatic carbocycles. The number of carbonyl (C=O) groups excluding carboxylic acids is 1. The van der Waals surface area contributed by atoms with E-state index in [4.69, 9.17) is 17.3 Å². The third-order valence-corrected chi connectivity index (χ3v) is 5.01. The molecule has 7 nitrogen and oxygen atoms in total. The Hall–Kier alpha value is -2.38. The first-order chi connectivity index (χ1) is 12.4. The van der Waals surface area contributed by atoms with E-state index in [1.807, 2.05) is 6.92 Å². The van der Waals surface area contributed by atoms with E-state index in [0.29, 0.717) is 10.8 Å². The van der Waals surface area contributed by atoms with Crippen molar-refractivity contribution in [1.29, 1.82) is 0 Å². The molecule has 1 aliphatic heterocycles. The molecule has 138 valence electrons. The van der Waals surface area contributed by atoms with Crippen molar-refractivity contribution in [3.8, 4) is 0 Å². The van der Waals surface area contributed by atoms with Crippen LogP contribution in [0.25, 0.3) is 0 Å². The number of nitrogens with one attached hydrogen (secondary N) is 2. The average molecular weight is 376 g/mol. The van der Waals surface area contributed by atoms with Crippen molar-refractivity contribution in [3.63, 3.8) is 0 Å². The summed E-state index contributed by atoms with van der Waals surface area (Å²) < 4.78 is 0. The number of H-pyrrole nitrogens is 1. The molecule has 2 aromatic heterocycles. The van der Waals surface area contributed by atoms with Crippen LogP contribution in [0.5, 0.6) is 0 Å². The highest BCUT2D eigenvalue weighted by Gasteiger charge is 2.28. The Kier molecular flexibility index (Phi) is 5.58. The fraction of sp³-hybridized carbons (Fsp3) is 0.389. The molecule has 1 amide bonds. The van der Waals surface area contributed by atoms with E-state index in [2.05, 4.69) is 20.2 Å². The number of carbonyl (C=O) groups is 1. The molecule has 1 unspecified atom stereocenters. The molecule has 1 fully saturated rings. The van der Waals surface area contributed by atoms with Gasteiger partial charge in [-0.3, -0.25) is 14.5 Å². The van der Waals surface area contributed by atoms with Gasteiger partial charge in [0.25, 0.3) is 5.56 Å². The molecular weight excluding hydrogens is 354 g/mol. The number of rotatable bonds is 4. The molecule has 4 N–H and O–H groups in total. The van der Waals surface area contributed by atoms with E-state index in [0.717, 1.165) is 31.5 Å². The molecule has 3 heterocycles. The fourth-order valence-electron chi connectivity index (χ4n) is 3.23. The Morgan fingerprint density at radius 1 is 1.50 bits per heavy atom. The molecule has 3 rings (SSSR count). The molecule has 26 heavy (non-hydrogen) atoms. The van der Waals surface area contributed by atoms with Gasteiger partial charge in [0.1, 0.15) is 5.82 Å². The largest absolute Gasteiger partial charge is 0.394 e. The number of hydrogen-bond acceptors (Lipinski definition) is 5. The predicted octanol–water partition coefficient (Wildman–Crippen LogP) is 2.21. The second-order valence-corrected chi connectivity index (χ2v) is 7.01. The van der Waals surface area contributed by atoms with Crippen LogP contribution in [0.4, 0.5) is 11.5 Å². The summed E-state index contributed by atoms with van der Waals surface area (Å²) in [6.07, 6.45) is 5.18. The number of pyridine rings is 2. The maximum absolute atomic E-state index is 12.5. The number of hydrogen-bond donors (Lipinski definition) is 3. The van der Waals surface area contributed by atoms with Crippen LogP contribution in [0.1, 0.15) is 31.2 Å². The number of anilines is 2. The smallest absolute Gasteiger partial charge is 0.271 e. The zero-order chi connectivity index (χ0) is 18.7. The summed E-state index contributed by atoms with van der Waals surface area (Å²) >= 11 is 5.81. The number of nitrogens with two attached hydrogens (primary N) is 1. The number of aromatic nitrogens is 2. The molecule has 0 bridgehead atoms. The first kappa shape index (κ1) is 18.4. The summed E-state index contributed by atoms with van der Waals surface area (Å²) in [7, 11) is 0. The van der Waals surface area contributed by atoms with Gasteiger partial charge in [0.15, 0.2) is 0 Å². The minimum absolute atomic E-state index is 0.110. The van der Waals surface area contributed by atoms with Gasteiger partial charge in [-0.1, -0.05) is 11.6 Å². The van der Waals surface area contributed by atoms with Crippen LogP contribution in [-0.2, 0) is 4.79 Å². The standard InChI is InChI=1S/C18H22ClN5O2/c1-11(17(25)23-16-5-4-14(19)9-21-16)24-6-2-3-12(10-24)13-7-15(20)18(26)22-8-13/h4-5,7-9,11-12H,2-3,6,10,20H2,1H3,(H,22,26)(H,21,23,25)/t11?,12-/m1/s1. The van der Waals surface area contributed by atoms with E-state index in [1.165, 1.54) is 6.20 Å². The molecule has 0 spiro atoms. The SMILES string of the molecule is CC(C(=O)Nc1ccc(Cl)cn1)N1CCC[C@@H](c2c[nH]c(=O)c(N)c2)C1. The third-order valence-electron chi connectivity index (χ3n) is 4.78. The van der Waals surface area contributed by atoms with Crippen LogP contribution in [0, 0.1) is 0 Å². The second-order valence-electron chi connectivity index (χ2n) is 6.58. The van der Waals surface area contributed by atoms with Crippen LogP contribution in [0.3, 0.4) is 0 Å². The second kappa shape index (κ2) is 7.88. The van der Waals surface area contributed by atoms with Crippen molar-refractivity contribution in [2.24, 2.45) is 0 Å². The molecular formula is C18H22ClN5O2. The van der Waals surface area contributed by atoms with Gasteiger partial charge >= 0.3 is 0 Å². The van der Waals surface area contributed by atoms with Gasteiger partial charge in [-0.05, 0) is 56.0 Å². The van der Waals surface area contributed by atoms with Gasteiger partial charge < -0.3 is 16.0 Å². The van der Waals surface area contributed by atoms with Gasteiger partial charge in [0.2, 0.25) is 5.91 Å². The number of likely N-dealkylation sites (tertiary alicyclic amines) is 1. The van der Waals surface area contributed by atoms with Gasteiger partial charge in [-0.25, -0.2) is 4.98 Å². The van der Waals surface area contributed by atoms with E-state index < -0.39 is 0 Å². The Labute approximate surface area is 156 Å². The van der Waals surface area contributed by atoms with Gasteiger partial charge in [0, 0.05) is 18.9 Å². The molecule has 0 radical (unpaired) electrons. The van der Waals surface area contributed by atoms with Gasteiger partial charge in [0.05, 0.1) is 16.8 Å². The lowest BCUT2D eigenvalue weighted by atomic mass is 9.90. The Balaban J connectivity index is 1.66. The Morgan fingerprint density at radius 2 is 2.31 bits per heavy atom. The zero-order valence-electron chi connectivity index (χ0n) is 14.5. The minimum atomic E-state index is -0.296. The van der Waals surface area contributed by atoms with E-state index in [1.54, 1.807) is 24.4 Å². The normalized spacial score (nSPS) is 19.1. The summed E-state index contributed by atoms with van der Waals surface area (Å²) in [6, 6.07) is 4.80. The lowest BCUT2D eigenvalue weighted by Crippen LogP contribution is -2.46. The average Bonchev–Trinajstić information content (AvgIpc) is 2.65. The van der Waals surface area contributed by atoms with Gasteiger partial charge in [-0.2, -0.15) is 0 Å². The molecule has 2 atom stereocenters. The summed E-state index contributed by atoms with van der Waals surface area (Å²) in [5, 5.41) is 3.34. The molecule has 8 heteroatoms. The van der Waals surface area contributed by atoms with Crippen molar-refractivity contribution in [2.45, 2.75) is 31.7 Å². The lowest BCUT2D eigenvalue weighted by molar-refractivity contribution is -0.121. The van der Waals surface area contributed by atoms with Crippen LogP contribution in [0.2, 0.25) is 5.02 Å². The highest BCUT2D eigenvalue weighted by atomic mass is 35.5. The van der Waals surface area contributed by atoms with Crippen LogP contribution >= 0.6 is 11.6 Å². The molecule has 0 aliphatic carbocycles. The third kappa shape index (κ3) is 4.23. The maximum atomic E-state index is 12.5.